The van der Waals surface area contributed by atoms with Crippen molar-refractivity contribution in [3.8, 4) is 11.5 Å². The van der Waals surface area contributed by atoms with E-state index in [-0.39, 0.29) is 28.7 Å². The van der Waals surface area contributed by atoms with Crippen molar-refractivity contribution >= 4 is 11.9 Å². The normalized spacial score (nSPS) is 10.3. The minimum absolute atomic E-state index is 0.0138. The van der Waals surface area contributed by atoms with E-state index in [0.29, 0.717) is 0 Å². The van der Waals surface area contributed by atoms with Crippen LogP contribution in [-0.2, 0) is 6.42 Å². The first-order valence-electron chi connectivity index (χ1n) is 6.00. The number of phenols is 2. The molecule has 0 aromatic heterocycles. The molecule has 0 saturated carbocycles. The zero-order valence-electron chi connectivity index (χ0n) is 10.8. The van der Waals surface area contributed by atoms with Gasteiger partial charge in [0.2, 0.25) is 0 Å². The first-order valence-corrected chi connectivity index (χ1v) is 6.00. The van der Waals surface area contributed by atoms with Gasteiger partial charge in [0, 0.05) is 6.42 Å². The summed E-state index contributed by atoms with van der Waals surface area (Å²) in [6, 6.07) is 8.47. The van der Waals surface area contributed by atoms with E-state index >= 15 is 0 Å². The van der Waals surface area contributed by atoms with Gasteiger partial charge in [0.15, 0.2) is 0 Å². The van der Waals surface area contributed by atoms with Gasteiger partial charge in [-0.15, -0.1) is 0 Å². The van der Waals surface area contributed by atoms with Gasteiger partial charge in [-0.1, -0.05) is 24.3 Å². The number of hydrogen-bond donors (Lipinski definition) is 4. The molecule has 0 spiro atoms. The number of benzene rings is 2. The summed E-state index contributed by atoms with van der Waals surface area (Å²) in [5.74, 6) is -3.33. The first-order chi connectivity index (χ1) is 9.91. The number of aromatic carboxylic acids is 2. The molecule has 2 aromatic rings. The van der Waals surface area contributed by atoms with Gasteiger partial charge in [0.1, 0.15) is 22.6 Å². The Hall–Kier alpha value is -3.02. The molecular formula is C15H12O6. The van der Waals surface area contributed by atoms with Gasteiger partial charge in [0.05, 0.1) is 0 Å². The number of carbonyl (C=O) groups is 2. The van der Waals surface area contributed by atoms with Crippen LogP contribution in [0.15, 0.2) is 36.4 Å². The van der Waals surface area contributed by atoms with Crippen LogP contribution < -0.4 is 0 Å². The average Bonchev–Trinajstić information content (AvgIpc) is 2.42. The highest BCUT2D eigenvalue weighted by Crippen LogP contribution is 2.29. The first kappa shape index (κ1) is 14.4. The standard InChI is InChI=1S/C15H12O6/c16-12-8(3-1-5-10(12)14(18)19)7-9-4-2-6-11(13(9)17)15(20)21/h1-6,16-17H,7H2,(H,18,19)(H,20,21)/i1+1,2+1,3+1,4+1,5+1,6+1,8+1,9+1,10+1,11+1,12+1,13+1. The maximum Gasteiger partial charge on any atom is 0.339 e. The smallest absolute Gasteiger partial charge is 0.339 e. The number of hydrogen-bond acceptors (Lipinski definition) is 4. The fourth-order valence-corrected chi connectivity index (χ4v) is 2.02. The van der Waals surface area contributed by atoms with Crippen LogP contribution in [-0.4, -0.2) is 32.4 Å². The second-order valence-corrected chi connectivity index (χ2v) is 4.41. The molecule has 4 N–H and O–H groups in total. The predicted molar refractivity (Wildman–Crippen MR) is 72.9 cm³/mol. The maximum atomic E-state index is 10.9. The molecule has 6 nitrogen and oxygen atoms in total. The molecule has 2 rings (SSSR count). The zero-order chi connectivity index (χ0) is 15.6. The molecule has 0 atom stereocenters. The van der Waals surface area contributed by atoms with Crippen molar-refractivity contribution in [1.29, 1.82) is 0 Å². The average molecular weight is 300 g/mol. The fraction of sp³-hybridized carbons (Fsp3) is 0.0667. The topological polar surface area (TPSA) is 115 Å². The van der Waals surface area contributed by atoms with Crippen LogP contribution in [0.1, 0.15) is 31.8 Å². The Morgan fingerprint density at radius 2 is 1.14 bits per heavy atom. The molecule has 0 saturated heterocycles. The quantitative estimate of drug-likeness (QED) is 0.687. The van der Waals surface area contributed by atoms with Gasteiger partial charge < -0.3 is 20.4 Å². The van der Waals surface area contributed by atoms with Crippen molar-refractivity contribution in [2.24, 2.45) is 0 Å². The molecule has 0 unspecified atom stereocenters. The van der Waals surface area contributed by atoms with Gasteiger partial charge in [-0.3, -0.25) is 0 Å². The van der Waals surface area contributed by atoms with Crippen LogP contribution >= 0.6 is 0 Å². The Kier molecular flexibility index (Phi) is 3.80. The highest BCUT2D eigenvalue weighted by Gasteiger charge is 2.17. The second-order valence-electron chi connectivity index (χ2n) is 4.41. The Bertz CT molecular complexity index is 659. The summed E-state index contributed by atoms with van der Waals surface area (Å²) >= 11 is 0. The van der Waals surface area contributed by atoms with Gasteiger partial charge in [-0.2, -0.15) is 0 Å². The van der Waals surface area contributed by atoms with Crippen LogP contribution in [0.4, 0.5) is 0 Å². The van der Waals surface area contributed by atoms with Crippen LogP contribution in [0.3, 0.4) is 0 Å². The summed E-state index contributed by atoms with van der Waals surface area (Å²) in [7, 11) is 0. The van der Waals surface area contributed by atoms with E-state index in [1.807, 2.05) is 0 Å². The molecule has 2 aromatic carbocycles. The molecule has 0 bridgehead atoms. The zero-order valence-corrected chi connectivity index (χ0v) is 10.8. The SMILES string of the molecule is O=C(O)[13c]1[13cH][13cH][13cH][13c](C[13c]2[13cH][13cH][13cH][13c](C(=O)O)[13c]2O)[13c]1O. The van der Waals surface area contributed by atoms with E-state index in [2.05, 4.69) is 0 Å². The molecule has 6 heteroatoms. The lowest BCUT2D eigenvalue weighted by Gasteiger charge is -2.10. The molecule has 0 amide bonds. The third-order valence-corrected chi connectivity index (χ3v) is 3.08. The molecule has 0 aliphatic heterocycles. The summed E-state index contributed by atoms with van der Waals surface area (Å²) in [5.41, 5.74) is 0.0724. The summed E-state index contributed by atoms with van der Waals surface area (Å²) in [6.07, 6.45) is 0.0138. The van der Waals surface area contributed by atoms with Crippen molar-refractivity contribution < 1.29 is 30.0 Å². The second kappa shape index (κ2) is 5.54. The van der Waals surface area contributed by atoms with Crippen LogP contribution in [0.2, 0.25) is 0 Å². The van der Waals surface area contributed by atoms with E-state index in [1.165, 1.54) is 36.4 Å². The number of rotatable bonds is 4. The van der Waals surface area contributed by atoms with Crippen LogP contribution in [0.5, 0.6) is 11.5 Å². The highest BCUT2D eigenvalue weighted by molar-refractivity contribution is 5.92. The highest BCUT2D eigenvalue weighted by atomic mass is 16.4. The summed E-state index contributed by atoms with van der Waals surface area (Å²) in [4.78, 5) is 21.9. The Morgan fingerprint density at radius 1 is 0.762 bits per heavy atom. The largest absolute Gasteiger partial charge is 0.507 e. The van der Waals surface area contributed by atoms with Gasteiger partial charge in [0.25, 0.3) is 0 Å². The van der Waals surface area contributed by atoms with E-state index < -0.39 is 23.4 Å². The lowest BCUT2D eigenvalue weighted by Crippen LogP contribution is -2.01. The van der Waals surface area contributed by atoms with Gasteiger partial charge in [-0.05, 0) is 23.3 Å². The third kappa shape index (κ3) is 2.79. The van der Waals surface area contributed by atoms with Crippen molar-refractivity contribution in [3.63, 3.8) is 0 Å². The van der Waals surface area contributed by atoms with Gasteiger partial charge in [-0.25, -0.2) is 9.59 Å². The molecule has 0 aliphatic rings. The van der Waals surface area contributed by atoms with Gasteiger partial charge >= 0.3 is 11.9 Å². The fourth-order valence-electron chi connectivity index (χ4n) is 2.02. The molecule has 0 aliphatic carbocycles. The summed E-state index contributed by atoms with van der Waals surface area (Å²) in [6.45, 7) is 0. The van der Waals surface area contributed by atoms with Crippen LogP contribution in [0.25, 0.3) is 0 Å². The molecule has 0 radical (unpaired) electrons. The number of aromatic hydroxyl groups is 2. The summed E-state index contributed by atoms with van der Waals surface area (Å²) < 4.78 is 0. The summed E-state index contributed by atoms with van der Waals surface area (Å²) in [5, 5.41) is 37.7. The van der Waals surface area contributed by atoms with E-state index in [4.69, 9.17) is 10.2 Å². The van der Waals surface area contributed by atoms with E-state index in [1.54, 1.807) is 0 Å². The van der Waals surface area contributed by atoms with Crippen LogP contribution in [0, 0.1) is 0 Å². The third-order valence-electron chi connectivity index (χ3n) is 3.08. The lowest BCUT2D eigenvalue weighted by molar-refractivity contribution is 0.0682. The molecule has 0 heterocycles. The molecule has 21 heavy (non-hydrogen) atoms. The van der Waals surface area contributed by atoms with Crippen molar-refractivity contribution in [1.82, 2.24) is 0 Å². The number of carboxylic acids is 2. The monoisotopic (exact) mass is 300 g/mol. The lowest BCUT2D eigenvalue weighted by atomic mass is 10.7. The van der Waals surface area contributed by atoms with Crippen molar-refractivity contribution in [2.75, 3.05) is 0 Å². The minimum atomic E-state index is -1.27. The number of carboxylic acid groups (broad SMARTS) is 2. The Morgan fingerprint density at radius 3 is 1.48 bits per heavy atom. The van der Waals surface area contributed by atoms with Crippen molar-refractivity contribution in [2.45, 2.75) is 6.42 Å². The maximum absolute atomic E-state index is 10.9. The molecule has 108 valence electrons. The van der Waals surface area contributed by atoms with E-state index in [0.717, 1.165) is 0 Å². The Balaban J connectivity index is 2.44. The molecule has 0 fully saturated rings. The number of para-hydroxylation sites is 2. The van der Waals surface area contributed by atoms with Crippen molar-refractivity contribution in [3.05, 3.63) is 58.7 Å². The predicted octanol–water partition coefficient (Wildman–Crippen LogP) is 2.08. The van der Waals surface area contributed by atoms with E-state index in [9.17, 15) is 19.8 Å². The Labute approximate surface area is 119 Å². The minimum Gasteiger partial charge on any atom is -0.507 e. The molecular weight excluding hydrogens is 288 g/mol.